The Morgan fingerprint density at radius 1 is 1.33 bits per heavy atom. The van der Waals surface area contributed by atoms with Crippen molar-refractivity contribution in [3.8, 4) is 0 Å². The molecule has 0 radical (unpaired) electrons. The van der Waals surface area contributed by atoms with Crippen molar-refractivity contribution >= 4 is 5.91 Å². The number of likely N-dealkylation sites (tertiary alicyclic amines) is 1. The van der Waals surface area contributed by atoms with Gasteiger partial charge in [0.2, 0.25) is 5.91 Å². The van der Waals surface area contributed by atoms with Crippen molar-refractivity contribution in [3.05, 3.63) is 0 Å². The van der Waals surface area contributed by atoms with Crippen LogP contribution in [-0.4, -0.2) is 36.5 Å². The van der Waals surface area contributed by atoms with Crippen LogP contribution in [-0.2, 0) is 4.79 Å². The van der Waals surface area contributed by atoms with Gasteiger partial charge in [0.05, 0.1) is 6.04 Å². The van der Waals surface area contributed by atoms with Crippen molar-refractivity contribution in [2.24, 2.45) is 11.3 Å². The Morgan fingerprint density at radius 3 is 2.72 bits per heavy atom. The first-order valence-electron chi connectivity index (χ1n) is 7.77. The largest absolute Gasteiger partial charge is 0.341 e. The molecule has 2 aliphatic carbocycles. The lowest BCUT2D eigenvalue weighted by molar-refractivity contribution is -0.137. The third kappa shape index (κ3) is 2.42. The monoisotopic (exact) mass is 250 g/mol. The lowest BCUT2D eigenvalue weighted by atomic mass is 9.97. The summed E-state index contributed by atoms with van der Waals surface area (Å²) in [4.78, 5) is 14.6. The minimum absolute atomic E-state index is 0.105. The number of nitrogens with one attached hydrogen (secondary N) is 1. The number of carbonyl (C=O) groups excluding carboxylic acids is 1. The van der Waals surface area contributed by atoms with E-state index in [1.165, 1.54) is 32.1 Å². The first-order valence-corrected chi connectivity index (χ1v) is 7.77. The maximum Gasteiger partial charge on any atom is 0.239 e. The second-order valence-corrected chi connectivity index (χ2v) is 6.55. The van der Waals surface area contributed by atoms with Crippen LogP contribution in [0.25, 0.3) is 0 Å². The van der Waals surface area contributed by atoms with Crippen molar-refractivity contribution in [2.75, 3.05) is 19.6 Å². The summed E-state index contributed by atoms with van der Waals surface area (Å²) in [5.41, 5.74) is 0.558. The summed E-state index contributed by atoms with van der Waals surface area (Å²) in [7, 11) is 0. The number of carbonyl (C=O) groups is 1. The molecule has 0 spiro atoms. The van der Waals surface area contributed by atoms with Crippen LogP contribution in [0.1, 0.15) is 51.9 Å². The molecule has 3 aliphatic rings. The quantitative estimate of drug-likeness (QED) is 0.783. The summed E-state index contributed by atoms with van der Waals surface area (Å²) in [6, 6.07) is 0.105. The first-order chi connectivity index (χ1) is 8.75. The molecule has 3 nitrogen and oxygen atoms in total. The number of hydrogen-bond donors (Lipinski definition) is 1. The summed E-state index contributed by atoms with van der Waals surface area (Å²) in [5.74, 6) is 1.33. The number of rotatable bonds is 6. The third-order valence-corrected chi connectivity index (χ3v) is 5.01. The van der Waals surface area contributed by atoms with Crippen LogP contribution in [0, 0.1) is 11.3 Å². The molecule has 18 heavy (non-hydrogen) atoms. The molecule has 0 bridgehead atoms. The molecule has 1 unspecified atom stereocenters. The Balaban J connectivity index is 1.56. The third-order valence-electron chi connectivity index (χ3n) is 5.01. The van der Waals surface area contributed by atoms with Crippen molar-refractivity contribution in [1.29, 1.82) is 0 Å². The molecule has 0 aromatic carbocycles. The number of piperidine rings is 1. The van der Waals surface area contributed by atoms with Gasteiger partial charge >= 0.3 is 0 Å². The van der Waals surface area contributed by atoms with Crippen LogP contribution >= 0.6 is 0 Å². The maximum atomic E-state index is 12.4. The molecule has 1 heterocycles. The smallest absolute Gasteiger partial charge is 0.239 e. The Kier molecular flexibility index (Phi) is 3.35. The minimum Gasteiger partial charge on any atom is -0.341 e. The van der Waals surface area contributed by atoms with Crippen molar-refractivity contribution in [2.45, 2.75) is 57.9 Å². The molecule has 0 aromatic rings. The molecular weight excluding hydrogens is 224 g/mol. The van der Waals surface area contributed by atoms with E-state index in [0.29, 0.717) is 11.3 Å². The van der Waals surface area contributed by atoms with Crippen LogP contribution in [0.3, 0.4) is 0 Å². The highest BCUT2D eigenvalue weighted by atomic mass is 16.2. The Morgan fingerprint density at radius 2 is 2.11 bits per heavy atom. The highest BCUT2D eigenvalue weighted by Crippen LogP contribution is 2.61. The molecule has 3 rings (SSSR count). The van der Waals surface area contributed by atoms with Gasteiger partial charge in [-0.05, 0) is 62.8 Å². The average molecular weight is 250 g/mol. The zero-order valence-electron chi connectivity index (χ0n) is 11.6. The van der Waals surface area contributed by atoms with E-state index in [1.54, 1.807) is 0 Å². The van der Waals surface area contributed by atoms with Gasteiger partial charge in [0.1, 0.15) is 0 Å². The zero-order valence-corrected chi connectivity index (χ0v) is 11.6. The predicted molar refractivity (Wildman–Crippen MR) is 72.3 cm³/mol. The fourth-order valence-electron chi connectivity index (χ4n) is 3.54. The van der Waals surface area contributed by atoms with Crippen LogP contribution in [0.2, 0.25) is 0 Å². The number of amides is 1. The van der Waals surface area contributed by atoms with Crippen molar-refractivity contribution < 1.29 is 4.79 Å². The molecule has 0 aromatic heterocycles. The van der Waals surface area contributed by atoms with E-state index in [9.17, 15) is 4.79 Å². The SMILES string of the molecule is CCCNC1CCCN(CC2(C3CC3)CC2)C1=O. The summed E-state index contributed by atoms with van der Waals surface area (Å²) in [6.07, 6.45) is 8.89. The molecule has 1 saturated heterocycles. The zero-order chi connectivity index (χ0) is 12.6. The van der Waals surface area contributed by atoms with E-state index in [0.717, 1.165) is 38.4 Å². The minimum atomic E-state index is 0.105. The van der Waals surface area contributed by atoms with Gasteiger partial charge in [-0.3, -0.25) is 4.79 Å². The van der Waals surface area contributed by atoms with Gasteiger partial charge in [-0.2, -0.15) is 0 Å². The van der Waals surface area contributed by atoms with Gasteiger partial charge in [0, 0.05) is 13.1 Å². The van der Waals surface area contributed by atoms with Gasteiger partial charge in [0.15, 0.2) is 0 Å². The topological polar surface area (TPSA) is 32.3 Å². The highest BCUT2D eigenvalue weighted by molar-refractivity contribution is 5.82. The molecule has 1 N–H and O–H groups in total. The van der Waals surface area contributed by atoms with Crippen LogP contribution in [0.5, 0.6) is 0 Å². The van der Waals surface area contributed by atoms with E-state index in [-0.39, 0.29) is 6.04 Å². The molecule has 1 aliphatic heterocycles. The fraction of sp³-hybridized carbons (Fsp3) is 0.933. The first kappa shape index (κ1) is 12.5. The highest BCUT2D eigenvalue weighted by Gasteiger charge is 2.55. The Bertz CT molecular complexity index is 320. The van der Waals surface area contributed by atoms with Gasteiger partial charge in [-0.15, -0.1) is 0 Å². The molecule has 3 heteroatoms. The summed E-state index contributed by atoms with van der Waals surface area (Å²) >= 11 is 0. The standard InChI is InChI=1S/C15H26N2O/c1-2-9-16-13-4-3-10-17(14(13)18)11-15(7-8-15)12-5-6-12/h12-13,16H,2-11H2,1H3. The maximum absolute atomic E-state index is 12.4. The molecule has 2 saturated carbocycles. The van der Waals surface area contributed by atoms with Crippen molar-refractivity contribution in [3.63, 3.8) is 0 Å². The van der Waals surface area contributed by atoms with Gasteiger partial charge in [-0.25, -0.2) is 0 Å². The van der Waals surface area contributed by atoms with Crippen LogP contribution < -0.4 is 5.32 Å². The fourth-order valence-corrected chi connectivity index (χ4v) is 3.54. The van der Waals surface area contributed by atoms with Crippen LogP contribution in [0.4, 0.5) is 0 Å². The molecule has 1 amide bonds. The summed E-state index contributed by atoms with van der Waals surface area (Å²) in [5, 5.41) is 3.41. The number of hydrogen-bond acceptors (Lipinski definition) is 2. The van der Waals surface area contributed by atoms with E-state index < -0.39 is 0 Å². The summed E-state index contributed by atoms with van der Waals surface area (Å²) in [6.45, 7) is 5.18. The molecule has 1 atom stereocenters. The van der Waals surface area contributed by atoms with E-state index in [4.69, 9.17) is 0 Å². The Labute approximate surface area is 110 Å². The predicted octanol–water partition coefficient (Wildman–Crippen LogP) is 2.17. The van der Waals surface area contributed by atoms with Gasteiger partial charge < -0.3 is 10.2 Å². The van der Waals surface area contributed by atoms with Gasteiger partial charge in [0.25, 0.3) is 0 Å². The second-order valence-electron chi connectivity index (χ2n) is 6.55. The van der Waals surface area contributed by atoms with E-state index >= 15 is 0 Å². The molecule has 102 valence electrons. The van der Waals surface area contributed by atoms with E-state index in [1.807, 2.05) is 0 Å². The van der Waals surface area contributed by atoms with E-state index in [2.05, 4.69) is 17.1 Å². The summed E-state index contributed by atoms with van der Waals surface area (Å²) < 4.78 is 0. The van der Waals surface area contributed by atoms with Crippen LogP contribution in [0.15, 0.2) is 0 Å². The van der Waals surface area contributed by atoms with Crippen molar-refractivity contribution in [1.82, 2.24) is 10.2 Å². The lowest BCUT2D eigenvalue weighted by Crippen LogP contribution is -2.52. The second kappa shape index (κ2) is 4.84. The average Bonchev–Trinajstić information content (AvgIpc) is 3.23. The lowest BCUT2D eigenvalue weighted by Gasteiger charge is -2.35. The Hall–Kier alpha value is -0.570. The van der Waals surface area contributed by atoms with Gasteiger partial charge in [-0.1, -0.05) is 6.92 Å². The number of nitrogens with zero attached hydrogens (tertiary/aromatic N) is 1. The normalized spacial score (nSPS) is 30.6. The molecule has 3 fully saturated rings. The molecular formula is C15H26N2O.